The van der Waals surface area contributed by atoms with Crippen LogP contribution in [0.1, 0.15) is 31.1 Å². The molecule has 0 aliphatic carbocycles. The van der Waals surface area contributed by atoms with Gasteiger partial charge in [0.2, 0.25) is 5.91 Å². The zero-order valence-electron chi connectivity index (χ0n) is 11.3. The predicted molar refractivity (Wildman–Crippen MR) is 82.4 cm³/mol. The minimum atomic E-state index is -0.0586. The SMILES string of the molecule is C=CCN(Cc1ccc(Cl)s1)C(=O)CC(N)CCC. The van der Waals surface area contributed by atoms with Gasteiger partial charge >= 0.3 is 0 Å². The molecule has 0 aliphatic heterocycles. The molecule has 0 fully saturated rings. The summed E-state index contributed by atoms with van der Waals surface area (Å²) in [5.74, 6) is 0.0744. The standard InChI is InChI=1S/C14H21ClN2OS/c1-3-5-11(16)9-14(18)17(8-4-2)10-12-6-7-13(15)19-12/h4,6-7,11H,2-3,5,8-10,16H2,1H3. The number of amides is 1. The van der Waals surface area contributed by atoms with Gasteiger partial charge in [-0.3, -0.25) is 4.79 Å². The molecule has 1 aromatic rings. The fourth-order valence-corrected chi connectivity index (χ4v) is 2.96. The van der Waals surface area contributed by atoms with Crippen molar-refractivity contribution in [1.29, 1.82) is 0 Å². The van der Waals surface area contributed by atoms with Gasteiger partial charge in [0.15, 0.2) is 0 Å². The summed E-state index contributed by atoms with van der Waals surface area (Å²) in [7, 11) is 0. The van der Waals surface area contributed by atoms with Crippen LogP contribution in [0.3, 0.4) is 0 Å². The van der Waals surface area contributed by atoms with Gasteiger partial charge in [0, 0.05) is 23.9 Å². The molecule has 0 aliphatic rings. The molecule has 5 heteroatoms. The maximum atomic E-state index is 12.2. The van der Waals surface area contributed by atoms with Crippen LogP contribution in [-0.4, -0.2) is 23.4 Å². The number of hydrogen-bond donors (Lipinski definition) is 1. The van der Waals surface area contributed by atoms with Crippen molar-refractivity contribution in [2.45, 2.75) is 38.8 Å². The smallest absolute Gasteiger partial charge is 0.224 e. The Balaban J connectivity index is 2.60. The van der Waals surface area contributed by atoms with E-state index >= 15 is 0 Å². The first-order chi connectivity index (χ1) is 9.06. The number of nitrogens with two attached hydrogens (primary N) is 1. The highest BCUT2D eigenvalue weighted by Gasteiger charge is 2.16. The molecule has 0 radical (unpaired) electrons. The number of carbonyl (C=O) groups is 1. The molecule has 1 amide bonds. The molecule has 0 bridgehead atoms. The Morgan fingerprint density at radius 2 is 2.37 bits per heavy atom. The molecular formula is C14H21ClN2OS. The van der Waals surface area contributed by atoms with Crippen molar-refractivity contribution in [1.82, 2.24) is 4.90 Å². The van der Waals surface area contributed by atoms with Crippen LogP contribution >= 0.6 is 22.9 Å². The van der Waals surface area contributed by atoms with Crippen LogP contribution in [0, 0.1) is 0 Å². The second-order valence-corrected chi connectivity index (χ2v) is 6.32. The van der Waals surface area contributed by atoms with Gasteiger partial charge in [-0.15, -0.1) is 17.9 Å². The van der Waals surface area contributed by atoms with E-state index in [1.54, 1.807) is 11.0 Å². The number of hydrogen-bond acceptors (Lipinski definition) is 3. The molecular weight excluding hydrogens is 280 g/mol. The van der Waals surface area contributed by atoms with Crippen molar-refractivity contribution >= 4 is 28.8 Å². The maximum absolute atomic E-state index is 12.2. The van der Waals surface area contributed by atoms with Crippen molar-refractivity contribution in [2.75, 3.05) is 6.54 Å². The lowest BCUT2D eigenvalue weighted by atomic mass is 10.1. The zero-order valence-corrected chi connectivity index (χ0v) is 12.8. The summed E-state index contributed by atoms with van der Waals surface area (Å²) in [6.45, 7) is 6.87. The van der Waals surface area contributed by atoms with Crippen LogP contribution in [-0.2, 0) is 11.3 Å². The van der Waals surface area contributed by atoms with Gasteiger partial charge in [0.25, 0.3) is 0 Å². The first-order valence-electron chi connectivity index (χ1n) is 6.45. The fourth-order valence-electron chi connectivity index (χ4n) is 1.86. The third-order valence-electron chi connectivity index (χ3n) is 2.77. The van der Waals surface area contributed by atoms with Crippen molar-refractivity contribution in [3.05, 3.63) is 34.0 Å². The van der Waals surface area contributed by atoms with E-state index in [-0.39, 0.29) is 11.9 Å². The Labute approximate surface area is 124 Å². The first-order valence-corrected chi connectivity index (χ1v) is 7.64. The molecule has 0 aromatic carbocycles. The zero-order chi connectivity index (χ0) is 14.3. The Morgan fingerprint density at radius 1 is 1.63 bits per heavy atom. The molecule has 0 saturated carbocycles. The normalized spacial score (nSPS) is 12.2. The highest BCUT2D eigenvalue weighted by molar-refractivity contribution is 7.16. The Kier molecular flexibility index (Phi) is 7.13. The van der Waals surface area contributed by atoms with Crippen LogP contribution in [0.4, 0.5) is 0 Å². The molecule has 1 heterocycles. The summed E-state index contributed by atoms with van der Waals surface area (Å²) in [5.41, 5.74) is 5.92. The largest absolute Gasteiger partial charge is 0.334 e. The topological polar surface area (TPSA) is 46.3 Å². The monoisotopic (exact) mass is 300 g/mol. The van der Waals surface area contributed by atoms with Crippen molar-refractivity contribution in [3.8, 4) is 0 Å². The van der Waals surface area contributed by atoms with E-state index in [1.807, 2.05) is 12.1 Å². The lowest BCUT2D eigenvalue weighted by molar-refractivity contribution is -0.131. The van der Waals surface area contributed by atoms with Crippen molar-refractivity contribution in [3.63, 3.8) is 0 Å². The number of carbonyl (C=O) groups excluding carboxylic acids is 1. The van der Waals surface area contributed by atoms with Gasteiger partial charge in [0.05, 0.1) is 10.9 Å². The summed E-state index contributed by atoms with van der Waals surface area (Å²) >= 11 is 7.40. The van der Waals surface area contributed by atoms with E-state index in [0.29, 0.717) is 19.5 Å². The van der Waals surface area contributed by atoms with E-state index in [9.17, 15) is 4.79 Å². The van der Waals surface area contributed by atoms with E-state index < -0.39 is 0 Å². The van der Waals surface area contributed by atoms with Gasteiger partial charge in [-0.25, -0.2) is 0 Å². The van der Waals surface area contributed by atoms with Gasteiger partial charge in [0.1, 0.15) is 0 Å². The minimum Gasteiger partial charge on any atom is -0.334 e. The first kappa shape index (κ1) is 16.2. The average Bonchev–Trinajstić information content (AvgIpc) is 2.74. The molecule has 0 spiro atoms. The van der Waals surface area contributed by atoms with Gasteiger partial charge < -0.3 is 10.6 Å². The van der Waals surface area contributed by atoms with E-state index in [4.69, 9.17) is 17.3 Å². The molecule has 1 atom stereocenters. The molecule has 106 valence electrons. The second kappa shape index (κ2) is 8.35. The average molecular weight is 301 g/mol. The molecule has 1 unspecified atom stereocenters. The van der Waals surface area contributed by atoms with Crippen molar-refractivity contribution < 1.29 is 4.79 Å². The molecule has 19 heavy (non-hydrogen) atoms. The highest BCUT2D eigenvalue weighted by atomic mass is 35.5. The molecule has 2 N–H and O–H groups in total. The Morgan fingerprint density at radius 3 is 2.89 bits per heavy atom. The lowest BCUT2D eigenvalue weighted by Crippen LogP contribution is -2.35. The van der Waals surface area contributed by atoms with Crippen molar-refractivity contribution in [2.24, 2.45) is 5.73 Å². The minimum absolute atomic E-state index is 0.0586. The third kappa shape index (κ3) is 5.76. The molecule has 0 saturated heterocycles. The quantitative estimate of drug-likeness (QED) is 0.748. The van der Waals surface area contributed by atoms with Crippen LogP contribution in [0.25, 0.3) is 0 Å². The summed E-state index contributed by atoms with van der Waals surface area (Å²) < 4.78 is 0.740. The number of nitrogens with zero attached hydrogens (tertiary/aromatic N) is 1. The van der Waals surface area contributed by atoms with Gasteiger partial charge in [-0.2, -0.15) is 0 Å². The number of thiophene rings is 1. The van der Waals surface area contributed by atoms with Crippen LogP contribution in [0.5, 0.6) is 0 Å². The number of rotatable bonds is 8. The van der Waals surface area contributed by atoms with E-state index in [2.05, 4.69) is 13.5 Å². The van der Waals surface area contributed by atoms with Crippen LogP contribution in [0.2, 0.25) is 4.34 Å². The third-order valence-corrected chi connectivity index (χ3v) is 3.99. The second-order valence-electron chi connectivity index (χ2n) is 4.52. The van der Waals surface area contributed by atoms with Gasteiger partial charge in [-0.05, 0) is 18.6 Å². The Hall–Kier alpha value is -0.840. The van der Waals surface area contributed by atoms with Crippen LogP contribution < -0.4 is 5.73 Å². The molecule has 1 rings (SSSR count). The highest BCUT2D eigenvalue weighted by Crippen LogP contribution is 2.23. The summed E-state index contributed by atoms with van der Waals surface area (Å²) in [6.07, 6.45) is 3.99. The Bertz CT molecular complexity index is 419. The fraction of sp³-hybridized carbons (Fsp3) is 0.500. The summed E-state index contributed by atoms with van der Waals surface area (Å²) in [6, 6.07) is 3.74. The predicted octanol–water partition coefficient (Wildman–Crippen LogP) is 3.43. The number of halogens is 1. The molecule has 1 aromatic heterocycles. The van der Waals surface area contributed by atoms with E-state index in [1.165, 1.54) is 11.3 Å². The van der Waals surface area contributed by atoms with Gasteiger partial charge in [-0.1, -0.05) is 31.0 Å². The summed E-state index contributed by atoms with van der Waals surface area (Å²) in [4.78, 5) is 15.0. The van der Waals surface area contributed by atoms with Crippen LogP contribution in [0.15, 0.2) is 24.8 Å². The lowest BCUT2D eigenvalue weighted by Gasteiger charge is -2.22. The molecule has 3 nitrogen and oxygen atoms in total. The summed E-state index contributed by atoms with van der Waals surface area (Å²) in [5, 5.41) is 0. The van der Waals surface area contributed by atoms with E-state index in [0.717, 1.165) is 22.1 Å². The maximum Gasteiger partial charge on any atom is 0.224 e.